The second-order valence-electron chi connectivity index (χ2n) is 6.06. The van der Waals surface area contributed by atoms with Crippen LogP contribution in [0.2, 0.25) is 0 Å². The first-order valence-electron chi connectivity index (χ1n) is 8.10. The Balaban J connectivity index is 2.71. The van der Waals surface area contributed by atoms with Crippen molar-refractivity contribution in [3.05, 3.63) is 45.9 Å². The monoisotopic (exact) mass is 408 g/mol. The highest BCUT2D eigenvalue weighted by Crippen LogP contribution is 2.45. The van der Waals surface area contributed by atoms with E-state index in [0.29, 0.717) is 5.92 Å². The summed E-state index contributed by atoms with van der Waals surface area (Å²) in [4.78, 5) is 0. The highest BCUT2D eigenvalue weighted by molar-refractivity contribution is 9.10. The number of halogens is 1. The molecule has 136 valence electrons. The zero-order chi connectivity index (χ0) is 18.6. The fourth-order valence-electron chi connectivity index (χ4n) is 3.10. The molecule has 2 aromatic carbocycles. The van der Waals surface area contributed by atoms with Gasteiger partial charge in [0.25, 0.3) is 0 Å². The number of benzene rings is 2. The zero-order valence-electron chi connectivity index (χ0n) is 15.6. The molecule has 2 rings (SSSR count). The van der Waals surface area contributed by atoms with Crippen LogP contribution in [0, 0.1) is 5.92 Å². The van der Waals surface area contributed by atoms with E-state index in [1.807, 2.05) is 30.3 Å². The van der Waals surface area contributed by atoms with Crippen molar-refractivity contribution >= 4 is 15.9 Å². The van der Waals surface area contributed by atoms with Gasteiger partial charge in [-0.05, 0) is 52.2 Å². The Bertz CT molecular complexity index is 728. The van der Waals surface area contributed by atoms with Crippen molar-refractivity contribution in [3.8, 4) is 23.0 Å². The van der Waals surface area contributed by atoms with E-state index in [0.717, 1.165) is 38.6 Å². The summed E-state index contributed by atoms with van der Waals surface area (Å²) in [6.45, 7) is 4.36. The van der Waals surface area contributed by atoms with Crippen LogP contribution in [0.15, 0.2) is 34.8 Å². The van der Waals surface area contributed by atoms with Gasteiger partial charge in [-0.25, -0.2) is 0 Å². The molecule has 0 aliphatic rings. The Morgan fingerprint density at radius 2 is 1.32 bits per heavy atom. The van der Waals surface area contributed by atoms with Crippen LogP contribution in [0.25, 0.3) is 0 Å². The smallest absolute Gasteiger partial charge is 0.133 e. The lowest BCUT2D eigenvalue weighted by Gasteiger charge is -2.26. The van der Waals surface area contributed by atoms with Crippen molar-refractivity contribution in [1.82, 2.24) is 0 Å². The van der Waals surface area contributed by atoms with E-state index in [1.165, 1.54) is 0 Å². The van der Waals surface area contributed by atoms with Gasteiger partial charge in [0.15, 0.2) is 0 Å². The van der Waals surface area contributed by atoms with Gasteiger partial charge in [0, 0.05) is 17.0 Å². The van der Waals surface area contributed by atoms with Gasteiger partial charge in [-0.15, -0.1) is 0 Å². The van der Waals surface area contributed by atoms with Crippen LogP contribution in [0.4, 0.5) is 0 Å². The molecule has 0 bridgehead atoms. The molecule has 25 heavy (non-hydrogen) atoms. The molecule has 0 radical (unpaired) electrons. The van der Waals surface area contributed by atoms with Crippen molar-refractivity contribution in [3.63, 3.8) is 0 Å². The largest absolute Gasteiger partial charge is 0.497 e. The predicted octanol–water partition coefficient (Wildman–Crippen LogP) is 5.27. The molecule has 1 atom stereocenters. The second kappa shape index (κ2) is 8.48. The maximum Gasteiger partial charge on any atom is 0.133 e. The molecule has 0 saturated heterocycles. The molecule has 0 heterocycles. The standard InChI is InChI=1S/C20H25BrO4/c1-12(2)20(14-9-13(22-3)7-8-17(14)23-4)15-10-19(25-6)16(21)11-18(15)24-5/h7-12,20H,1-6H3. The van der Waals surface area contributed by atoms with E-state index >= 15 is 0 Å². The van der Waals surface area contributed by atoms with Crippen molar-refractivity contribution < 1.29 is 18.9 Å². The van der Waals surface area contributed by atoms with E-state index < -0.39 is 0 Å². The van der Waals surface area contributed by atoms with Crippen LogP contribution in [0.3, 0.4) is 0 Å². The number of hydrogen-bond donors (Lipinski definition) is 0. The van der Waals surface area contributed by atoms with Gasteiger partial charge < -0.3 is 18.9 Å². The summed E-state index contributed by atoms with van der Waals surface area (Å²) in [7, 11) is 6.69. The molecule has 1 unspecified atom stereocenters. The van der Waals surface area contributed by atoms with Gasteiger partial charge in [-0.1, -0.05) is 13.8 Å². The quantitative estimate of drug-likeness (QED) is 0.624. The minimum Gasteiger partial charge on any atom is -0.497 e. The van der Waals surface area contributed by atoms with Gasteiger partial charge in [-0.3, -0.25) is 0 Å². The third kappa shape index (κ3) is 4.03. The Morgan fingerprint density at radius 3 is 1.84 bits per heavy atom. The van der Waals surface area contributed by atoms with Crippen molar-refractivity contribution in [1.29, 1.82) is 0 Å². The van der Waals surface area contributed by atoms with Crippen molar-refractivity contribution in [2.24, 2.45) is 5.92 Å². The molecule has 4 nitrogen and oxygen atoms in total. The molecular weight excluding hydrogens is 384 g/mol. The minimum atomic E-state index is 0.0574. The van der Waals surface area contributed by atoms with Gasteiger partial charge in [0.2, 0.25) is 0 Å². The zero-order valence-corrected chi connectivity index (χ0v) is 17.1. The average Bonchev–Trinajstić information content (AvgIpc) is 2.62. The normalized spacial score (nSPS) is 12.0. The Hall–Kier alpha value is -1.88. The molecular formula is C20H25BrO4. The van der Waals surface area contributed by atoms with Gasteiger partial charge >= 0.3 is 0 Å². The lowest BCUT2D eigenvalue weighted by atomic mass is 9.81. The molecule has 5 heteroatoms. The maximum absolute atomic E-state index is 5.65. The summed E-state index contributed by atoms with van der Waals surface area (Å²) in [5.41, 5.74) is 2.10. The summed E-state index contributed by atoms with van der Waals surface area (Å²) in [6.07, 6.45) is 0. The molecule has 0 N–H and O–H groups in total. The van der Waals surface area contributed by atoms with Crippen molar-refractivity contribution in [2.45, 2.75) is 19.8 Å². The van der Waals surface area contributed by atoms with Gasteiger partial charge in [-0.2, -0.15) is 0 Å². The summed E-state index contributed by atoms with van der Waals surface area (Å²) >= 11 is 3.53. The van der Waals surface area contributed by atoms with E-state index in [-0.39, 0.29) is 5.92 Å². The first kappa shape index (κ1) is 19.4. The number of ether oxygens (including phenoxy) is 4. The summed E-state index contributed by atoms with van der Waals surface area (Å²) in [6, 6.07) is 9.82. The third-order valence-electron chi connectivity index (χ3n) is 4.28. The highest BCUT2D eigenvalue weighted by Gasteiger charge is 2.27. The topological polar surface area (TPSA) is 36.9 Å². The SMILES string of the molecule is COc1ccc(OC)c(C(c2cc(OC)c(Br)cc2OC)C(C)C)c1. The number of hydrogen-bond acceptors (Lipinski definition) is 4. The molecule has 0 aliphatic carbocycles. The molecule has 0 saturated carbocycles. The second-order valence-corrected chi connectivity index (χ2v) is 6.91. The van der Waals surface area contributed by atoms with Gasteiger partial charge in [0.05, 0.1) is 32.9 Å². The third-order valence-corrected chi connectivity index (χ3v) is 4.90. The van der Waals surface area contributed by atoms with E-state index in [2.05, 4.69) is 29.8 Å². The van der Waals surface area contributed by atoms with E-state index in [9.17, 15) is 0 Å². The molecule has 0 fully saturated rings. The Morgan fingerprint density at radius 1 is 0.720 bits per heavy atom. The van der Waals surface area contributed by atoms with Crippen LogP contribution in [-0.2, 0) is 0 Å². The Labute approximate surface area is 158 Å². The first-order valence-corrected chi connectivity index (χ1v) is 8.89. The van der Waals surface area contributed by atoms with Crippen LogP contribution < -0.4 is 18.9 Å². The Kier molecular flexibility index (Phi) is 6.59. The molecule has 0 spiro atoms. The molecule has 0 aliphatic heterocycles. The number of methoxy groups -OCH3 is 4. The summed E-state index contributed by atoms with van der Waals surface area (Å²) < 4.78 is 23.0. The van der Waals surface area contributed by atoms with Crippen LogP contribution in [0.5, 0.6) is 23.0 Å². The first-order chi connectivity index (χ1) is 12.0. The summed E-state index contributed by atoms with van der Waals surface area (Å²) in [5, 5.41) is 0. The fraction of sp³-hybridized carbons (Fsp3) is 0.400. The number of rotatable bonds is 7. The molecule has 0 aromatic heterocycles. The van der Waals surface area contributed by atoms with Crippen molar-refractivity contribution in [2.75, 3.05) is 28.4 Å². The lowest BCUT2D eigenvalue weighted by Crippen LogP contribution is -2.12. The predicted molar refractivity (Wildman–Crippen MR) is 103 cm³/mol. The maximum atomic E-state index is 5.65. The fourth-order valence-corrected chi connectivity index (χ4v) is 3.58. The molecule has 2 aromatic rings. The van der Waals surface area contributed by atoms with Crippen LogP contribution >= 0.6 is 15.9 Å². The molecule has 0 amide bonds. The lowest BCUT2D eigenvalue weighted by molar-refractivity contribution is 0.380. The minimum absolute atomic E-state index is 0.0574. The van der Waals surface area contributed by atoms with Gasteiger partial charge in [0.1, 0.15) is 23.0 Å². The van der Waals surface area contributed by atoms with Crippen LogP contribution in [-0.4, -0.2) is 28.4 Å². The average molecular weight is 409 g/mol. The van der Waals surface area contributed by atoms with E-state index in [1.54, 1.807) is 28.4 Å². The van der Waals surface area contributed by atoms with E-state index in [4.69, 9.17) is 18.9 Å². The van der Waals surface area contributed by atoms with Crippen LogP contribution in [0.1, 0.15) is 30.9 Å². The highest BCUT2D eigenvalue weighted by atomic mass is 79.9. The summed E-state index contributed by atoms with van der Waals surface area (Å²) in [5.74, 6) is 3.55.